The van der Waals surface area contributed by atoms with E-state index in [1.807, 2.05) is 0 Å². The predicted molar refractivity (Wildman–Crippen MR) is 83.0 cm³/mol. The van der Waals surface area contributed by atoms with Crippen LogP contribution >= 0.6 is 28.1 Å². The van der Waals surface area contributed by atoms with Crippen molar-refractivity contribution in [3.8, 4) is 0 Å². The molecule has 0 amide bonds. The maximum absolute atomic E-state index is 5.84. The molecule has 0 radical (unpaired) electrons. The Labute approximate surface area is 128 Å². The summed E-state index contributed by atoms with van der Waals surface area (Å²) in [6.45, 7) is 4.30. The Kier molecular flexibility index (Phi) is 4.79. The summed E-state index contributed by atoms with van der Waals surface area (Å²) in [6.07, 6.45) is 5.67. The summed E-state index contributed by atoms with van der Waals surface area (Å²) < 4.78 is 7.37. The Morgan fingerprint density at radius 1 is 1.32 bits per heavy atom. The van der Waals surface area contributed by atoms with Gasteiger partial charge in [0.15, 0.2) is 0 Å². The van der Waals surface area contributed by atoms with E-state index >= 15 is 0 Å². The maximum Gasteiger partial charge on any atom is 0.144 e. The van der Waals surface area contributed by atoms with Crippen molar-refractivity contribution >= 4 is 28.1 Å². The smallest absolute Gasteiger partial charge is 0.144 e. The molecule has 1 heterocycles. The summed E-state index contributed by atoms with van der Waals surface area (Å²) in [5.41, 5.74) is 0.827. The first-order valence-corrected chi connectivity index (χ1v) is 8.05. The van der Waals surface area contributed by atoms with Crippen molar-refractivity contribution in [3.63, 3.8) is 0 Å². The molecule has 1 N–H and O–H groups in total. The Hall–Kier alpha value is -0.260. The SMILES string of the molecule is COC1(c2nc(=S)c(Br)c(C(C)C)[nH]2)CCCCC1. The van der Waals surface area contributed by atoms with Gasteiger partial charge in [-0.2, -0.15) is 0 Å². The zero-order valence-electron chi connectivity index (χ0n) is 11.8. The molecule has 2 rings (SSSR count). The summed E-state index contributed by atoms with van der Waals surface area (Å²) in [5, 5.41) is 0. The molecule has 1 aliphatic rings. The van der Waals surface area contributed by atoms with Gasteiger partial charge in [-0.15, -0.1) is 0 Å². The van der Waals surface area contributed by atoms with E-state index in [0.29, 0.717) is 10.6 Å². The van der Waals surface area contributed by atoms with Crippen molar-refractivity contribution in [2.75, 3.05) is 7.11 Å². The van der Waals surface area contributed by atoms with Gasteiger partial charge in [0.1, 0.15) is 16.1 Å². The fourth-order valence-electron chi connectivity index (χ4n) is 2.75. The van der Waals surface area contributed by atoms with E-state index in [1.165, 1.54) is 19.3 Å². The van der Waals surface area contributed by atoms with Crippen LogP contribution in [0.1, 0.15) is 63.4 Å². The molecular formula is C14H21BrN2OS. The van der Waals surface area contributed by atoms with Crippen LogP contribution in [0.2, 0.25) is 0 Å². The van der Waals surface area contributed by atoms with Crippen molar-refractivity contribution in [2.24, 2.45) is 0 Å². The fourth-order valence-corrected chi connectivity index (χ4v) is 3.60. The van der Waals surface area contributed by atoms with E-state index < -0.39 is 0 Å². The van der Waals surface area contributed by atoms with Crippen LogP contribution in [0.15, 0.2) is 4.47 Å². The van der Waals surface area contributed by atoms with Gasteiger partial charge < -0.3 is 9.72 Å². The van der Waals surface area contributed by atoms with Gasteiger partial charge in [-0.1, -0.05) is 45.3 Å². The minimum absolute atomic E-state index is 0.282. The number of halogens is 1. The van der Waals surface area contributed by atoms with Crippen LogP contribution in [0.25, 0.3) is 0 Å². The number of methoxy groups -OCH3 is 1. The molecule has 0 spiro atoms. The number of nitrogens with zero attached hydrogens (tertiary/aromatic N) is 1. The third-order valence-electron chi connectivity index (χ3n) is 3.95. The minimum Gasteiger partial charge on any atom is -0.370 e. The fraction of sp³-hybridized carbons (Fsp3) is 0.714. The van der Waals surface area contributed by atoms with Gasteiger partial charge in [0.25, 0.3) is 0 Å². The number of aromatic nitrogens is 2. The third-order valence-corrected chi connectivity index (χ3v) is 5.31. The summed E-state index contributed by atoms with van der Waals surface area (Å²) in [7, 11) is 1.78. The summed E-state index contributed by atoms with van der Waals surface area (Å²) >= 11 is 8.92. The Morgan fingerprint density at radius 2 is 1.95 bits per heavy atom. The number of hydrogen-bond donors (Lipinski definition) is 1. The van der Waals surface area contributed by atoms with Crippen LogP contribution in [-0.2, 0) is 10.3 Å². The van der Waals surface area contributed by atoms with E-state index in [-0.39, 0.29) is 5.60 Å². The molecule has 1 aromatic rings. The molecule has 3 nitrogen and oxygen atoms in total. The molecule has 1 aliphatic carbocycles. The Morgan fingerprint density at radius 3 is 2.47 bits per heavy atom. The molecular weight excluding hydrogens is 324 g/mol. The summed E-state index contributed by atoms with van der Waals surface area (Å²) in [6, 6.07) is 0. The number of rotatable bonds is 3. The molecule has 0 unspecified atom stereocenters. The molecule has 0 aromatic carbocycles. The Bertz CT molecular complexity index is 507. The average molecular weight is 345 g/mol. The number of hydrogen-bond acceptors (Lipinski definition) is 3. The first kappa shape index (κ1) is 15.1. The molecule has 0 aliphatic heterocycles. The van der Waals surface area contributed by atoms with Crippen molar-refractivity contribution in [3.05, 3.63) is 20.6 Å². The molecule has 0 saturated heterocycles. The van der Waals surface area contributed by atoms with Gasteiger partial charge in [0.05, 0.1) is 4.47 Å². The highest BCUT2D eigenvalue weighted by Gasteiger charge is 2.36. The maximum atomic E-state index is 5.84. The normalized spacial score (nSPS) is 18.8. The van der Waals surface area contributed by atoms with Crippen molar-refractivity contribution in [1.29, 1.82) is 0 Å². The van der Waals surface area contributed by atoms with Crippen molar-refractivity contribution in [1.82, 2.24) is 9.97 Å². The molecule has 19 heavy (non-hydrogen) atoms. The topological polar surface area (TPSA) is 37.9 Å². The monoisotopic (exact) mass is 344 g/mol. The number of H-pyrrole nitrogens is 1. The predicted octanol–water partition coefficient (Wildman–Crippen LogP) is 4.83. The van der Waals surface area contributed by atoms with Gasteiger partial charge in [0.2, 0.25) is 0 Å². The lowest BCUT2D eigenvalue weighted by atomic mass is 9.84. The lowest BCUT2D eigenvalue weighted by Crippen LogP contribution is -2.33. The number of ether oxygens (including phenoxy) is 1. The third kappa shape index (κ3) is 2.93. The second-order valence-corrected chi connectivity index (χ2v) is 6.71. The minimum atomic E-state index is -0.282. The highest BCUT2D eigenvalue weighted by atomic mass is 79.9. The van der Waals surface area contributed by atoms with Gasteiger partial charge >= 0.3 is 0 Å². The van der Waals surface area contributed by atoms with Gasteiger partial charge in [-0.25, -0.2) is 4.98 Å². The largest absolute Gasteiger partial charge is 0.370 e. The van der Waals surface area contributed by atoms with Crippen LogP contribution in [0.4, 0.5) is 0 Å². The van der Waals surface area contributed by atoms with Crippen LogP contribution in [0, 0.1) is 4.64 Å². The molecule has 0 bridgehead atoms. The quantitative estimate of drug-likeness (QED) is 0.798. The molecule has 0 atom stereocenters. The van der Waals surface area contributed by atoms with Crippen LogP contribution in [-0.4, -0.2) is 17.1 Å². The van der Waals surface area contributed by atoms with Crippen molar-refractivity contribution in [2.45, 2.75) is 57.5 Å². The second-order valence-electron chi connectivity index (χ2n) is 5.53. The lowest BCUT2D eigenvalue weighted by Gasteiger charge is -2.35. The van der Waals surface area contributed by atoms with E-state index in [2.05, 4.69) is 39.7 Å². The van der Waals surface area contributed by atoms with Crippen LogP contribution in [0.5, 0.6) is 0 Å². The van der Waals surface area contributed by atoms with Gasteiger partial charge in [0, 0.05) is 12.8 Å². The number of nitrogens with one attached hydrogen (secondary N) is 1. The first-order valence-electron chi connectivity index (χ1n) is 6.85. The molecule has 106 valence electrons. The highest BCUT2D eigenvalue weighted by Crippen LogP contribution is 2.39. The first-order chi connectivity index (χ1) is 9.00. The van der Waals surface area contributed by atoms with Crippen molar-refractivity contribution < 1.29 is 4.74 Å². The lowest BCUT2D eigenvalue weighted by molar-refractivity contribution is -0.0517. The highest BCUT2D eigenvalue weighted by molar-refractivity contribution is 9.10. The molecule has 1 aromatic heterocycles. The van der Waals surface area contributed by atoms with Crippen LogP contribution < -0.4 is 0 Å². The summed E-state index contributed by atoms with van der Waals surface area (Å²) in [5.74, 6) is 1.27. The van der Waals surface area contributed by atoms with E-state index in [4.69, 9.17) is 17.0 Å². The standard InChI is InChI=1S/C14H21BrN2OS/c1-9(2)11-10(15)12(19)17-13(16-11)14(18-3)7-5-4-6-8-14/h9H,4-8H2,1-3H3,(H,16,17,19). The molecule has 1 saturated carbocycles. The zero-order chi connectivity index (χ0) is 14.0. The Balaban J connectivity index is 2.52. The van der Waals surface area contributed by atoms with Gasteiger partial charge in [-0.3, -0.25) is 0 Å². The zero-order valence-corrected chi connectivity index (χ0v) is 14.2. The van der Waals surface area contributed by atoms with E-state index in [0.717, 1.165) is 28.8 Å². The van der Waals surface area contributed by atoms with Crippen LogP contribution in [0.3, 0.4) is 0 Å². The summed E-state index contributed by atoms with van der Waals surface area (Å²) in [4.78, 5) is 8.03. The van der Waals surface area contributed by atoms with Gasteiger partial charge in [-0.05, 0) is 34.7 Å². The van der Waals surface area contributed by atoms with E-state index in [1.54, 1.807) is 7.11 Å². The number of aromatic amines is 1. The second kappa shape index (κ2) is 6.02. The molecule has 1 fully saturated rings. The van der Waals surface area contributed by atoms with E-state index in [9.17, 15) is 0 Å². The average Bonchev–Trinajstić information content (AvgIpc) is 2.42. The molecule has 5 heteroatoms.